The van der Waals surface area contributed by atoms with Gasteiger partial charge in [0.1, 0.15) is 11.5 Å². The van der Waals surface area contributed by atoms with E-state index in [1.165, 1.54) is 12.1 Å². The number of hydrogen-bond donors (Lipinski definition) is 2. The molecule has 0 saturated carbocycles. The maximum absolute atomic E-state index is 12.6. The number of anilines is 3. The Kier molecular flexibility index (Phi) is 3.76. The number of nitrogens with one attached hydrogen (secondary N) is 1. The molecule has 0 fully saturated rings. The van der Waals surface area contributed by atoms with E-state index in [0.29, 0.717) is 22.0 Å². The smallest absolute Gasteiger partial charge is 0.398 e. The quantitative estimate of drug-likeness (QED) is 0.809. The van der Waals surface area contributed by atoms with Gasteiger partial charge >= 0.3 is 6.18 Å². The molecule has 0 aliphatic rings. The van der Waals surface area contributed by atoms with Crippen LogP contribution in [0.25, 0.3) is 0 Å². The Labute approximate surface area is 118 Å². The van der Waals surface area contributed by atoms with E-state index in [1.54, 1.807) is 19.1 Å². The molecule has 2 rings (SSSR count). The fourth-order valence-electron chi connectivity index (χ4n) is 1.63. The maximum Gasteiger partial charge on any atom is 0.433 e. The van der Waals surface area contributed by atoms with E-state index in [0.717, 1.165) is 6.07 Å². The molecule has 20 heavy (non-hydrogen) atoms. The van der Waals surface area contributed by atoms with Crippen LogP contribution in [0.1, 0.15) is 11.3 Å². The number of rotatable bonds is 2. The van der Waals surface area contributed by atoms with Gasteiger partial charge in [-0.3, -0.25) is 0 Å². The number of aromatic nitrogens is 1. The van der Waals surface area contributed by atoms with Gasteiger partial charge in [0.05, 0.1) is 0 Å². The van der Waals surface area contributed by atoms with Gasteiger partial charge in [-0.1, -0.05) is 17.7 Å². The lowest BCUT2D eigenvalue weighted by atomic mass is 10.1. The van der Waals surface area contributed by atoms with E-state index in [-0.39, 0.29) is 5.82 Å². The average Bonchev–Trinajstić information content (AvgIpc) is 2.35. The lowest BCUT2D eigenvalue weighted by Crippen LogP contribution is -2.09. The van der Waals surface area contributed by atoms with Crippen LogP contribution in [0.15, 0.2) is 30.3 Å². The Morgan fingerprint density at radius 2 is 1.95 bits per heavy atom. The number of pyridine rings is 1. The third kappa shape index (κ3) is 3.14. The van der Waals surface area contributed by atoms with Gasteiger partial charge in [-0.15, -0.1) is 0 Å². The molecule has 0 unspecified atom stereocenters. The largest absolute Gasteiger partial charge is 0.433 e. The molecule has 3 N–H and O–H groups in total. The number of hydrogen-bond acceptors (Lipinski definition) is 3. The minimum atomic E-state index is -4.49. The standard InChI is InChI=1S/C13H11ClF3N3/c1-7-9(18)5-8(14)6-10(7)19-12-4-2-3-11(20-12)13(15,16)17/h2-6H,18H2,1H3,(H,19,20). The van der Waals surface area contributed by atoms with Crippen LogP contribution < -0.4 is 11.1 Å². The topological polar surface area (TPSA) is 50.9 Å². The molecule has 7 heteroatoms. The van der Waals surface area contributed by atoms with Crippen molar-refractivity contribution < 1.29 is 13.2 Å². The monoisotopic (exact) mass is 301 g/mol. The first-order valence-electron chi connectivity index (χ1n) is 5.64. The van der Waals surface area contributed by atoms with Gasteiger partial charge in [0.2, 0.25) is 0 Å². The van der Waals surface area contributed by atoms with Crippen molar-refractivity contribution in [3.8, 4) is 0 Å². The van der Waals surface area contributed by atoms with Crippen LogP contribution in [0.4, 0.5) is 30.4 Å². The van der Waals surface area contributed by atoms with Crippen molar-refractivity contribution in [2.24, 2.45) is 0 Å². The zero-order valence-electron chi connectivity index (χ0n) is 10.4. The second-order valence-corrected chi connectivity index (χ2v) is 4.63. The van der Waals surface area contributed by atoms with Crippen LogP contribution in [0.2, 0.25) is 5.02 Å². The number of nitrogens with zero attached hydrogens (tertiary/aromatic N) is 1. The van der Waals surface area contributed by atoms with Crippen molar-refractivity contribution >= 4 is 28.8 Å². The van der Waals surface area contributed by atoms with Crippen molar-refractivity contribution in [2.75, 3.05) is 11.1 Å². The molecule has 0 atom stereocenters. The van der Waals surface area contributed by atoms with Crippen LogP contribution >= 0.6 is 11.6 Å². The van der Waals surface area contributed by atoms with Crippen molar-refractivity contribution in [3.05, 3.63) is 46.6 Å². The van der Waals surface area contributed by atoms with Gasteiger partial charge in [0.15, 0.2) is 0 Å². The fraction of sp³-hybridized carbons (Fsp3) is 0.154. The summed E-state index contributed by atoms with van der Waals surface area (Å²) in [6, 6.07) is 6.77. The molecule has 0 bridgehead atoms. The average molecular weight is 302 g/mol. The highest BCUT2D eigenvalue weighted by molar-refractivity contribution is 6.31. The number of nitrogen functional groups attached to an aromatic ring is 1. The van der Waals surface area contributed by atoms with Gasteiger partial charge < -0.3 is 11.1 Å². The molecule has 0 saturated heterocycles. The third-order valence-corrected chi connectivity index (χ3v) is 2.93. The van der Waals surface area contributed by atoms with Crippen LogP contribution in [-0.2, 0) is 6.18 Å². The van der Waals surface area contributed by atoms with Crippen molar-refractivity contribution in [1.82, 2.24) is 4.98 Å². The Hall–Kier alpha value is -1.95. The van der Waals surface area contributed by atoms with Crippen LogP contribution in [0.5, 0.6) is 0 Å². The highest BCUT2D eigenvalue weighted by Crippen LogP contribution is 2.31. The first-order chi connectivity index (χ1) is 9.27. The maximum atomic E-state index is 12.6. The SMILES string of the molecule is Cc1c(N)cc(Cl)cc1Nc1cccc(C(F)(F)F)n1. The minimum Gasteiger partial charge on any atom is -0.398 e. The zero-order valence-corrected chi connectivity index (χ0v) is 11.2. The summed E-state index contributed by atoms with van der Waals surface area (Å²) in [5, 5.41) is 3.18. The van der Waals surface area contributed by atoms with Gasteiger partial charge in [-0.25, -0.2) is 4.98 Å². The normalized spacial score (nSPS) is 11.4. The predicted octanol–water partition coefficient (Wildman–Crippen LogP) is 4.39. The molecular formula is C13H11ClF3N3. The summed E-state index contributed by atoms with van der Waals surface area (Å²) >= 11 is 5.87. The number of benzene rings is 1. The van der Waals surface area contributed by atoms with E-state index in [9.17, 15) is 13.2 Å². The van der Waals surface area contributed by atoms with Crippen molar-refractivity contribution in [2.45, 2.75) is 13.1 Å². The molecule has 1 heterocycles. The lowest BCUT2D eigenvalue weighted by Gasteiger charge is -2.13. The van der Waals surface area contributed by atoms with Crippen molar-refractivity contribution in [1.29, 1.82) is 0 Å². The van der Waals surface area contributed by atoms with E-state index >= 15 is 0 Å². The molecule has 106 valence electrons. The summed E-state index contributed by atoms with van der Waals surface area (Å²) in [5.41, 5.74) is 6.44. The zero-order chi connectivity index (χ0) is 14.9. The predicted molar refractivity (Wildman–Crippen MR) is 73.1 cm³/mol. The Morgan fingerprint density at radius 3 is 2.60 bits per heavy atom. The first kappa shape index (κ1) is 14.5. The highest BCUT2D eigenvalue weighted by Gasteiger charge is 2.32. The van der Waals surface area contributed by atoms with Crippen LogP contribution in [-0.4, -0.2) is 4.98 Å². The molecule has 0 aliphatic carbocycles. The van der Waals surface area contributed by atoms with E-state index in [2.05, 4.69) is 10.3 Å². The summed E-state index contributed by atoms with van der Waals surface area (Å²) in [7, 11) is 0. The molecule has 1 aromatic heterocycles. The fourth-order valence-corrected chi connectivity index (χ4v) is 1.86. The molecule has 0 amide bonds. The number of halogens is 4. The van der Waals surface area contributed by atoms with Gasteiger partial charge in [0.25, 0.3) is 0 Å². The second kappa shape index (κ2) is 5.20. The minimum absolute atomic E-state index is 0.0737. The van der Waals surface area contributed by atoms with Crippen LogP contribution in [0, 0.1) is 6.92 Å². The van der Waals surface area contributed by atoms with Gasteiger partial charge in [0, 0.05) is 16.4 Å². The van der Waals surface area contributed by atoms with E-state index in [1.807, 2.05) is 0 Å². The summed E-state index contributed by atoms with van der Waals surface area (Å²) in [5.74, 6) is 0.0737. The van der Waals surface area contributed by atoms with Crippen molar-refractivity contribution in [3.63, 3.8) is 0 Å². The lowest BCUT2D eigenvalue weighted by molar-refractivity contribution is -0.141. The Bertz CT molecular complexity index is 641. The Morgan fingerprint density at radius 1 is 1.25 bits per heavy atom. The highest BCUT2D eigenvalue weighted by atomic mass is 35.5. The molecule has 0 spiro atoms. The molecular weight excluding hydrogens is 291 g/mol. The second-order valence-electron chi connectivity index (χ2n) is 4.20. The third-order valence-electron chi connectivity index (χ3n) is 2.71. The number of alkyl halides is 3. The Balaban J connectivity index is 2.36. The first-order valence-corrected chi connectivity index (χ1v) is 6.02. The van der Waals surface area contributed by atoms with Gasteiger partial charge in [-0.2, -0.15) is 13.2 Å². The molecule has 0 aliphatic heterocycles. The molecule has 0 radical (unpaired) electrons. The summed E-state index contributed by atoms with van der Waals surface area (Å²) in [6.07, 6.45) is -4.49. The molecule has 3 nitrogen and oxygen atoms in total. The molecule has 1 aromatic carbocycles. The summed E-state index contributed by atoms with van der Waals surface area (Å²) in [4.78, 5) is 3.52. The molecule has 2 aromatic rings. The summed E-state index contributed by atoms with van der Waals surface area (Å²) in [6.45, 7) is 1.74. The van der Waals surface area contributed by atoms with E-state index < -0.39 is 11.9 Å². The van der Waals surface area contributed by atoms with Gasteiger partial charge in [-0.05, 0) is 36.8 Å². The summed E-state index contributed by atoms with van der Waals surface area (Å²) < 4.78 is 37.7. The number of nitrogens with two attached hydrogens (primary N) is 1. The van der Waals surface area contributed by atoms with E-state index in [4.69, 9.17) is 17.3 Å². The van der Waals surface area contributed by atoms with Crippen LogP contribution in [0.3, 0.4) is 0 Å².